The molecule has 2 heterocycles. The molecule has 1 N–H and O–H groups in total. The van der Waals surface area contributed by atoms with Crippen LogP contribution in [0.2, 0.25) is 5.02 Å². The van der Waals surface area contributed by atoms with Crippen LogP contribution in [0.1, 0.15) is 25.7 Å². The van der Waals surface area contributed by atoms with Gasteiger partial charge in [-0.05, 0) is 43.4 Å². The Balaban J connectivity index is 1.51. The first kappa shape index (κ1) is 13.1. The maximum atomic E-state index is 8.97. The lowest BCUT2D eigenvalue weighted by molar-refractivity contribution is 0.266. The molecule has 0 unspecified atom stereocenters. The largest absolute Gasteiger partial charge is 0.396 e. The van der Waals surface area contributed by atoms with Crippen molar-refractivity contribution < 1.29 is 5.11 Å². The quantitative estimate of drug-likeness (QED) is 0.920. The van der Waals surface area contributed by atoms with E-state index >= 15 is 0 Å². The molecule has 2 aliphatic rings. The summed E-state index contributed by atoms with van der Waals surface area (Å²) in [6, 6.07) is 0. The second kappa shape index (κ2) is 5.63. The molecule has 4 nitrogen and oxygen atoms in total. The van der Waals surface area contributed by atoms with Crippen molar-refractivity contribution >= 4 is 17.5 Å². The summed E-state index contributed by atoms with van der Waals surface area (Å²) in [7, 11) is 0. The van der Waals surface area contributed by atoms with Crippen LogP contribution in [0.3, 0.4) is 0 Å². The van der Waals surface area contributed by atoms with Gasteiger partial charge in [0.2, 0.25) is 5.95 Å². The fourth-order valence-corrected chi connectivity index (χ4v) is 3.44. The first-order chi connectivity index (χ1) is 9.28. The molecule has 1 saturated carbocycles. The molecule has 0 radical (unpaired) electrons. The third-order valence-electron chi connectivity index (χ3n) is 4.51. The molecule has 1 aromatic rings. The van der Waals surface area contributed by atoms with Gasteiger partial charge in [0, 0.05) is 19.7 Å². The number of nitrogens with zero attached hydrogens (tertiary/aromatic N) is 3. The number of hydrogen-bond donors (Lipinski definition) is 1. The zero-order valence-corrected chi connectivity index (χ0v) is 11.8. The van der Waals surface area contributed by atoms with Gasteiger partial charge in [0.1, 0.15) is 0 Å². The molecule has 0 spiro atoms. The number of aliphatic hydroxyl groups excluding tert-OH is 1. The topological polar surface area (TPSA) is 49.2 Å². The molecule has 0 bridgehead atoms. The van der Waals surface area contributed by atoms with E-state index in [1.54, 1.807) is 12.4 Å². The van der Waals surface area contributed by atoms with Crippen molar-refractivity contribution in [2.45, 2.75) is 25.7 Å². The van der Waals surface area contributed by atoms with E-state index in [-0.39, 0.29) is 0 Å². The average Bonchev–Trinajstić information content (AvgIpc) is 3.20. The minimum absolute atomic E-state index is 0.346. The number of rotatable bonds is 4. The summed E-state index contributed by atoms with van der Waals surface area (Å²) in [6.45, 7) is 2.42. The van der Waals surface area contributed by atoms with Crippen LogP contribution in [0.25, 0.3) is 0 Å². The van der Waals surface area contributed by atoms with Gasteiger partial charge < -0.3 is 10.0 Å². The highest BCUT2D eigenvalue weighted by Crippen LogP contribution is 2.49. The number of hydrogen-bond acceptors (Lipinski definition) is 4. The maximum absolute atomic E-state index is 8.97. The van der Waals surface area contributed by atoms with Crippen LogP contribution < -0.4 is 4.90 Å². The maximum Gasteiger partial charge on any atom is 0.225 e. The highest BCUT2D eigenvalue weighted by Gasteiger charge is 2.42. The monoisotopic (exact) mass is 281 g/mol. The molecule has 0 aromatic carbocycles. The summed E-state index contributed by atoms with van der Waals surface area (Å²) in [6.07, 6.45) is 8.08. The molecular weight excluding hydrogens is 262 g/mol. The SMILES string of the molecule is OCC[C@@H]1C[C@@H]1C1CCN(c2ncc(Cl)cn2)CC1. The van der Waals surface area contributed by atoms with Gasteiger partial charge in [-0.25, -0.2) is 9.97 Å². The first-order valence-corrected chi connectivity index (χ1v) is 7.49. The zero-order chi connectivity index (χ0) is 13.2. The molecule has 104 valence electrons. The van der Waals surface area contributed by atoms with Crippen LogP contribution in [0.15, 0.2) is 12.4 Å². The Hall–Kier alpha value is -0.870. The van der Waals surface area contributed by atoms with Crippen molar-refractivity contribution in [1.82, 2.24) is 9.97 Å². The highest BCUT2D eigenvalue weighted by molar-refractivity contribution is 6.30. The lowest BCUT2D eigenvalue weighted by Crippen LogP contribution is -2.35. The Kier molecular flexibility index (Phi) is 3.89. The van der Waals surface area contributed by atoms with Crippen LogP contribution in [0.4, 0.5) is 5.95 Å². The molecule has 0 amide bonds. The third kappa shape index (κ3) is 3.00. The normalized spacial score (nSPS) is 27.6. The van der Waals surface area contributed by atoms with E-state index in [4.69, 9.17) is 16.7 Å². The number of anilines is 1. The Morgan fingerprint density at radius 1 is 1.26 bits per heavy atom. The lowest BCUT2D eigenvalue weighted by atomic mass is 9.90. The van der Waals surface area contributed by atoms with Crippen LogP contribution in [0, 0.1) is 17.8 Å². The zero-order valence-electron chi connectivity index (χ0n) is 11.0. The Bertz CT molecular complexity index is 417. The predicted molar refractivity (Wildman–Crippen MR) is 75.3 cm³/mol. The molecule has 19 heavy (non-hydrogen) atoms. The number of aromatic nitrogens is 2. The van der Waals surface area contributed by atoms with E-state index in [2.05, 4.69) is 14.9 Å². The van der Waals surface area contributed by atoms with Gasteiger partial charge in [-0.2, -0.15) is 0 Å². The van der Waals surface area contributed by atoms with E-state index in [0.717, 1.165) is 43.2 Å². The van der Waals surface area contributed by atoms with E-state index in [0.29, 0.717) is 11.6 Å². The lowest BCUT2D eigenvalue weighted by Gasteiger charge is -2.32. The standard InChI is InChI=1S/C14H20ClN3O/c15-12-8-16-14(17-9-12)18-4-1-10(2-5-18)13-7-11(13)3-6-19/h8-11,13,19H,1-7H2/t11-,13-/m1/s1. The number of aliphatic hydroxyl groups is 1. The first-order valence-electron chi connectivity index (χ1n) is 7.11. The average molecular weight is 282 g/mol. The van der Waals surface area contributed by atoms with Crippen LogP contribution in [-0.2, 0) is 0 Å². The molecule has 5 heteroatoms. The number of halogens is 1. The van der Waals surface area contributed by atoms with Gasteiger partial charge in [0.15, 0.2) is 0 Å². The molecular formula is C14H20ClN3O. The van der Waals surface area contributed by atoms with E-state index < -0.39 is 0 Å². The highest BCUT2D eigenvalue weighted by atomic mass is 35.5. The van der Waals surface area contributed by atoms with Crippen molar-refractivity contribution in [1.29, 1.82) is 0 Å². The summed E-state index contributed by atoms with van der Waals surface area (Å²) in [4.78, 5) is 10.8. The van der Waals surface area contributed by atoms with Crippen LogP contribution >= 0.6 is 11.6 Å². The second-order valence-electron chi connectivity index (χ2n) is 5.70. The summed E-state index contributed by atoms with van der Waals surface area (Å²) in [5.74, 6) is 3.28. The van der Waals surface area contributed by atoms with Crippen molar-refractivity contribution in [3.05, 3.63) is 17.4 Å². The molecule has 2 atom stereocenters. The molecule has 2 fully saturated rings. The molecule has 1 aliphatic heterocycles. The summed E-state index contributed by atoms with van der Waals surface area (Å²) < 4.78 is 0. The Morgan fingerprint density at radius 2 is 1.95 bits per heavy atom. The van der Waals surface area contributed by atoms with Gasteiger partial charge in [0.05, 0.1) is 17.4 Å². The van der Waals surface area contributed by atoms with Crippen LogP contribution in [-0.4, -0.2) is 34.8 Å². The fraction of sp³-hybridized carbons (Fsp3) is 0.714. The fourth-order valence-electron chi connectivity index (χ4n) is 3.34. The Morgan fingerprint density at radius 3 is 2.58 bits per heavy atom. The van der Waals surface area contributed by atoms with E-state index in [9.17, 15) is 0 Å². The summed E-state index contributed by atoms with van der Waals surface area (Å²) in [5, 5.41) is 9.56. The minimum atomic E-state index is 0.346. The van der Waals surface area contributed by atoms with Crippen molar-refractivity contribution in [2.24, 2.45) is 17.8 Å². The van der Waals surface area contributed by atoms with Crippen LogP contribution in [0.5, 0.6) is 0 Å². The van der Waals surface area contributed by atoms with Gasteiger partial charge in [0.25, 0.3) is 0 Å². The minimum Gasteiger partial charge on any atom is -0.396 e. The van der Waals surface area contributed by atoms with Gasteiger partial charge >= 0.3 is 0 Å². The third-order valence-corrected chi connectivity index (χ3v) is 4.71. The van der Waals surface area contributed by atoms with E-state index in [1.807, 2.05) is 0 Å². The molecule has 1 saturated heterocycles. The molecule has 3 rings (SSSR count). The molecule has 1 aliphatic carbocycles. The van der Waals surface area contributed by atoms with Gasteiger partial charge in [-0.15, -0.1) is 0 Å². The van der Waals surface area contributed by atoms with Gasteiger partial charge in [-0.3, -0.25) is 0 Å². The van der Waals surface area contributed by atoms with Crippen molar-refractivity contribution in [2.75, 3.05) is 24.6 Å². The van der Waals surface area contributed by atoms with E-state index in [1.165, 1.54) is 19.3 Å². The van der Waals surface area contributed by atoms with Crippen molar-refractivity contribution in [3.8, 4) is 0 Å². The molecule has 1 aromatic heterocycles. The van der Waals surface area contributed by atoms with Crippen molar-refractivity contribution in [3.63, 3.8) is 0 Å². The Labute approximate surface area is 118 Å². The second-order valence-corrected chi connectivity index (χ2v) is 6.13. The van der Waals surface area contributed by atoms with Gasteiger partial charge in [-0.1, -0.05) is 11.6 Å². The summed E-state index contributed by atoms with van der Waals surface area (Å²) in [5.41, 5.74) is 0. The predicted octanol–water partition coefficient (Wildman–Crippen LogP) is 2.36. The number of piperidine rings is 1. The summed E-state index contributed by atoms with van der Waals surface area (Å²) >= 11 is 5.81. The smallest absolute Gasteiger partial charge is 0.225 e.